The zero-order valence-electron chi connectivity index (χ0n) is 13.4. The van der Waals surface area contributed by atoms with Crippen LogP contribution in [0.25, 0.3) is 0 Å². The first-order valence-corrected chi connectivity index (χ1v) is 8.82. The summed E-state index contributed by atoms with van der Waals surface area (Å²) >= 11 is 1.31. The minimum Gasteiger partial charge on any atom is -0.312 e. The number of carbonyl (C=O) groups excluding carboxylic acids is 2. The van der Waals surface area contributed by atoms with E-state index in [2.05, 4.69) is 10.3 Å². The molecule has 8 heteroatoms. The number of rotatable bonds is 2. The second kappa shape index (κ2) is 6.53. The summed E-state index contributed by atoms with van der Waals surface area (Å²) in [6.45, 7) is 2.49. The van der Waals surface area contributed by atoms with E-state index in [-0.39, 0.29) is 18.0 Å². The molecule has 0 aromatic heterocycles. The van der Waals surface area contributed by atoms with Gasteiger partial charge in [-0.15, -0.1) is 0 Å². The Hall–Kier alpha value is -2.53. The van der Waals surface area contributed by atoms with Crippen molar-refractivity contribution in [3.63, 3.8) is 0 Å². The molecular formula is C16H17N5O2S. The quantitative estimate of drug-likeness (QED) is 0.293. The summed E-state index contributed by atoms with van der Waals surface area (Å²) in [4.78, 5) is 32.4. The van der Waals surface area contributed by atoms with Gasteiger partial charge in [0, 0.05) is 6.54 Å². The van der Waals surface area contributed by atoms with E-state index in [1.165, 1.54) is 16.7 Å². The van der Waals surface area contributed by atoms with E-state index >= 15 is 0 Å². The first-order chi connectivity index (χ1) is 11.6. The van der Waals surface area contributed by atoms with Crippen molar-refractivity contribution in [2.45, 2.75) is 25.8 Å². The van der Waals surface area contributed by atoms with Crippen LogP contribution in [-0.2, 0) is 4.79 Å². The summed E-state index contributed by atoms with van der Waals surface area (Å²) in [6.07, 6.45) is 5.23. The highest BCUT2D eigenvalue weighted by atomic mass is 32.2. The number of hydrogen-bond acceptors (Lipinski definition) is 5. The van der Waals surface area contributed by atoms with Crippen molar-refractivity contribution in [3.8, 4) is 6.19 Å². The molecule has 7 nitrogen and oxygen atoms in total. The number of thioether (sulfide) groups is 1. The highest BCUT2D eigenvalue weighted by Crippen LogP contribution is 2.34. The molecule has 2 aliphatic rings. The molecule has 2 aliphatic heterocycles. The van der Waals surface area contributed by atoms with E-state index in [0.29, 0.717) is 23.1 Å². The zero-order chi connectivity index (χ0) is 17.3. The molecule has 124 valence electrons. The summed E-state index contributed by atoms with van der Waals surface area (Å²) in [5.41, 5.74) is 1.96. The second-order valence-corrected chi connectivity index (χ2v) is 6.43. The van der Waals surface area contributed by atoms with Crippen molar-refractivity contribution in [3.05, 3.63) is 23.8 Å². The van der Waals surface area contributed by atoms with Gasteiger partial charge in [-0.25, -0.2) is 14.7 Å². The first-order valence-electron chi connectivity index (χ1n) is 7.60. The van der Waals surface area contributed by atoms with Gasteiger partial charge in [-0.1, -0.05) is 17.8 Å². The molecule has 0 bridgehead atoms. The number of amides is 3. The number of amidine groups is 1. The molecule has 1 N–H and O–H groups in total. The Morgan fingerprint density at radius 3 is 2.92 bits per heavy atom. The first kappa shape index (κ1) is 16.3. The van der Waals surface area contributed by atoms with Gasteiger partial charge < -0.3 is 4.90 Å². The van der Waals surface area contributed by atoms with Crippen LogP contribution in [0.2, 0.25) is 0 Å². The smallest absolute Gasteiger partial charge is 0.312 e. The number of benzene rings is 1. The summed E-state index contributed by atoms with van der Waals surface area (Å²) < 4.78 is 0. The highest BCUT2D eigenvalue weighted by Gasteiger charge is 2.48. The minimum absolute atomic E-state index is 0.165. The van der Waals surface area contributed by atoms with Gasteiger partial charge in [0.25, 0.3) is 5.91 Å². The molecule has 2 saturated heterocycles. The molecule has 2 heterocycles. The number of fused-ring (bicyclic) bond motifs is 1. The van der Waals surface area contributed by atoms with Crippen LogP contribution < -0.4 is 10.2 Å². The molecule has 2 fully saturated rings. The highest BCUT2D eigenvalue weighted by molar-refractivity contribution is 8.13. The lowest BCUT2D eigenvalue weighted by Gasteiger charge is -2.18. The fourth-order valence-electron chi connectivity index (χ4n) is 3.04. The Labute approximate surface area is 144 Å². The van der Waals surface area contributed by atoms with Crippen LogP contribution >= 0.6 is 11.8 Å². The number of nitriles is 1. The number of aliphatic imine (C=N–C) groups is 1. The predicted octanol–water partition coefficient (Wildman–Crippen LogP) is 2.35. The van der Waals surface area contributed by atoms with E-state index in [9.17, 15) is 9.59 Å². The lowest BCUT2D eigenvalue weighted by molar-refractivity contribution is -0.119. The summed E-state index contributed by atoms with van der Waals surface area (Å²) in [5, 5.41) is 11.7. The molecule has 24 heavy (non-hydrogen) atoms. The maximum atomic E-state index is 12.6. The lowest BCUT2D eigenvalue weighted by atomic mass is 10.1. The van der Waals surface area contributed by atoms with E-state index < -0.39 is 0 Å². The molecule has 0 spiro atoms. The van der Waals surface area contributed by atoms with Gasteiger partial charge in [-0.3, -0.25) is 10.1 Å². The predicted molar refractivity (Wildman–Crippen MR) is 93.1 cm³/mol. The molecule has 1 atom stereocenters. The van der Waals surface area contributed by atoms with Gasteiger partial charge in [0.2, 0.25) is 0 Å². The Bertz CT molecular complexity index is 748. The van der Waals surface area contributed by atoms with E-state index in [1.54, 1.807) is 23.3 Å². The monoisotopic (exact) mass is 343 g/mol. The molecule has 1 aromatic carbocycles. The summed E-state index contributed by atoms with van der Waals surface area (Å²) in [5.74, 6) is -0.165. The summed E-state index contributed by atoms with van der Waals surface area (Å²) in [6, 6.07) is 4.74. The number of hydrogen-bond donors (Lipinski definition) is 1. The third-order valence-electron chi connectivity index (χ3n) is 4.22. The van der Waals surface area contributed by atoms with Gasteiger partial charge >= 0.3 is 6.03 Å². The molecule has 0 saturated carbocycles. The number of nitrogens with one attached hydrogen (secondary N) is 1. The average molecular weight is 343 g/mol. The molecule has 1 unspecified atom stereocenters. The fraction of sp³-hybridized carbons (Fsp3) is 0.375. The van der Waals surface area contributed by atoms with E-state index in [4.69, 9.17) is 5.26 Å². The van der Waals surface area contributed by atoms with Crippen LogP contribution in [0.15, 0.2) is 23.2 Å². The Morgan fingerprint density at radius 1 is 1.46 bits per heavy atom. The summed E-state index contributed by atoms with van der Waals surface area (Å²) in [7, 11) is 0. The largest absolute Gasteiger partial charge is 0.332 e. The Morgan fingerprint density at radius 2 is 2.25 bits per heavy atom. The average Bonchev–Trinajstić information content (AvgIpc) is 3.14. The molecule has 3 rings (SSSR count). The van der Waals surface area contributed by atoms with E-state index in [0.717, 1.165) is 18.4 Å². The van der Waals surface area contributed by atoms with Crippen molar-refractivity contribution >= 4 is 40.2 Å². The van der Waals surface area contributed by atoms with Crippen molar-refractivity contribution in [2.24, 2.45) is 4.99 Å². The van der Waals surface area contributed by atoms with Crippen LogP contribution in [0, 0.1) is 18.4 Å². The van der Waals surface area contributed by atoms with Crippen LogP contribution in [0.4, 0.5) is 16.2 Å². The molecule has 0 aliphatic carbocycles. The van der Waals surface area contributed by atoms with E-state index in [1.807, 2.05) is 19.2 Å². The Kier molecular flexibility index (Phi) is 4.44. The standard InChI is InChI=1S/C16H17N5O2S/c1-10-5-6-11(19-15(24-2)18-9-17)8-13(10)21-14(22)12-4-3-7-20(12)16(21)23/h5-6,8,12H,3-4,7H2,1-2H3,(H,18,19). The molecule has 0 radical (unpaired) electrons. The van der Waals surface area contributed by atoms with Crippen molar-refractivity contribution < 1.29 is 9.59 Å². The van der Waals surface area contributed by atoms with Crippen LogP contribution in [0.1, 0.15) is 18.4 Å². The topological polar surface area (TPSA) is 88.8 Å². The van der Waals surface area contributed by atoms with Crippen LogP contribution in [0.5, 0.6) is 0 Å². The maximum absolute atomic E-state index is 12.6. The number of carbonyl (C=O) groups is 2. The minimum atomic E-state index is -0.328. The number of nitrogens with zero attached hydrogens (tertiary/aromatic N) is 4. The number of urea groups is 1. The third-order valence-corrected chi connectivity index (χ3v) is 4.80. The van der Waals surface area contributed by atoms with Crippen LogP contribution in [-0.4, -0.2) is 40.8 Å². The molecular weight excluding hydrogens is 326 g/mol. The van der Waals surface area contributed by atoms with Gasteiger partial charge in [0.1, 0.15) is 6.04 Å². The van der Waals surface area contributed by atoms with Crippen LogP contribution in [0.3, 0.4) is 0 Å². The number of aryl methyl sites for hydroxylation is 1. The SMILES string of the molecule is CSC(=Nc1ccc(C)c(N2C(=O)C3CCCN3C2=O)c1)NC#N. The van der Waals surface area contributed by atoms with Gasteiger partial charge in [0.15, 0.2) is 11.4 Å². The zero-order valence-corrected chi connectivity index (χ0v) is 14.3. The lowest BCUT2D eigenvalue weighted by Crippen LogP contribution is -2.33. The number of anilines is 1. The third kappa shape index (κ3) is 2.71. The molecule has 1 aromatic rings. The Balaban J connectivity index is 1.97. The van der Waals surface area contributed by atoms with Crippen molar-refractivity contribution in [2.75, 3.05) is 17.7 Å². The van der Waals surface area contributed by atoms with Gasteiger partial charge in [0.05, 0.1) is 11.4 Å². The number of imide groups is 1. The molecule has 3 amide bonds. The second-order valence-electron chi connectivity index (χ2n) is 5.64. The van der Waals surface area contributed by atoms with Crippen molar-refractivity contribution in [1.82, 2.24) is 10.2 Å². The normalized spacial score (nSPS) is 20.4. The maximum Gasteiger partial charge on any atom is 0.332 e. The fourth-order valence-corrected chi connectivity index (χ4v) is 3.39. The van der Waals surface area contributed by atoms with Crippen molar-refractivity contribution in [1.29, 1.82) is 5.26 Å². The van der Waals surface area contributed by atoms with Gasteiger partial charge in [-0.2, -0.15) is 5.26 Å². The van der Waals surface area contributed by atoms with Gasteiger partial charge in [-0.05, 0) is 43.7 Å².